The number of primary amides is 1. The lowest BCUT2D eigenvalue weighted by molar-refractivity contribution is -0.144. The van der Waals surface area contributed by atoms with Crippen LogP contribution in [0.15, 0.2) is 47.0 Å². The van der Waals surface area contributed by atoms with Crippen molar-refractivity contribution < 1.29 is 19.2 Å². The molecule has 0 bridgehead atoms. The first kappa shape index (κ1) is 18.8. The van der Waals surface area contributed by atoms with Gasteiger partial charge in [0.1, 0.15) is 11.4 Å². The van der Waals surface area contributed by atoms with Gasteiger partial charge >= 0.3 is 0 Å². The zero-order chi connectivity index (χ0) is 20.8. The molecule has 2 aromatic heterocycles. The van der Waals surface area contributed by atoms with Crippen molar-refractivity contribution in [2.75, 3.05) is 13.6 Å². The second kappa shape index (κ2) is 6.82. The summed E-state index contributed by atoms with van der Waals surface area (Å²) in [6.45, 7) is 2.34. The first-order valence-electron chi connectivity index (χ1n) is 9.13. The van der Waals surface area contributed by atoms with E-state index in [2.05, 4.69) is 10.1 Å². The van der Waals surface area contributed by atoms with E-state index in [1.807, 2.05) is 31.2 Å². The second-order valence-corrected chi connectivity index (χ2v) is 7.22. The number of pyridine rings is 1. The van der Waals surface area contributed by atoms with E-state index in [-0.39, 0.29) is 17.9 Å². The summed E-state index contributed by atoms with van der Waals surface area (Å²) in [6, 6.07) is 12.4. The van der Waals surface area contributed by atoms with E-state index >= 15 is 0 Å². The Hall–Kier alpha value is -3.52. The minimum atomic E-state index is -1.69. The molecule has 3 N–H and O–H groups in total. The molecule has 3 aromatic rings. The van der Waals surface area contributed by atoms with E-state index < -0.39 is 17.4 Å². The zero-order valence-electron chi connectivity index (χ0n) is 16.0. The second-order valence-electron chi connectivity index (χ2n) is 7.22. The van der Waals surface area contributed by atoms with Gasteiger partial charge in [0.05, 0.1) is 5.69 Å². The number of likely N-dealkylation sites (tertiary alicyclic amines) is 1. The first-order valence-corrected chi connectivity index (χ1v) is 9.13. The van der Waals surface area contributed by atoms with Gasteiger partial charge < -0.3 is 20.3 Å². The monoisotopic (exact) mass is 392 g/mol. The van der Waals surface area contributed by atoms with Crippen LogP contribution in [0, 0.1) is 6.92 Å². The van der Waals surface area contributed by atoms with E-state index in [1.54, 1.807) is 25.2 Å². The SMILES string of the molecule is Cc1ccc(C(N)=O)nc1-c1cccc(-c2cc([C@@]3(O)CCN(C)C3=O)on2)c1. The number of aromatic nitrogens is 2. The van der Waals surface area contributed by atoms with Crippen LogP contribution in [0.1, 0.15) is 28.2 Å². The molecule has 1 aromatic carbocycles. The van der Waals surface area contributed by atoms with Crippen LogP contribution < -0.4 is 5.73 Å². The first-order chi connectivity index (χ1) is 13.8. The summed E-state index contributed by atoms with van der Waals surface area (Å²) in [4.78, 5) is 29.6. The number of aliphatic hydroxyl groups is 1. The summed E-state index contributed by atoms with van der Waals surface area (Å²) in [6.07, 6.45) is 0.250. The van der Waals surface area contributed by atoms with Gasteiger partial charge in [-0.2, -0.15) is 0 Å². The molecule has 0 unspecified atom stereocenters. The molecule has 4 rings (SSSR count). The highest BCUT2D eigenvalue weighted by molar-refractivity contribution is 5.91. The average molecular weight is 392 g/mol. The molecule has 0 aliphatic carbocycles. The fourth-order valence-corrected chi connectivity index (χ4v) is 3.47. The van der Waals surface area contributed by atoms with Gasteiger partial charge in [-0.3, -0.25) is 9.59 Å². The van der Waals surface area contributed by atoms with Crippen molar-refractivity contribution in [3.05, 3.63) is 59.5 Å². The van der Waals surface area contributed by atoms with Crippen LogP contribution in [-0.2, 0) is 10.4 Å². The number of aryl methyl sites for hydroxylation is 1. The Morgan fingerprint density at radius 1 is 1.24 bits per heavy atom. The molecule has 1 aliphatic rings. The molecular weight excluding hydrogens is 372 g/mol. The van der Waals surface area contributed by atoms with Crippen molar-refractivity contribution in [3.8, 4) is 22.5 Å². The number of carbonyl (C=O) groups excluding carboxylic acids is 2. The summed E-state index contributed by atoms with van der Waals surface area (Å²) in [5.41, 5.74) is 7.37. The standard InChI is InChI=1S/C21H20N4O4/c1-12-6-7-15(19(22)26)23-18(12)14-5-3-4-13(10-14)16-11-17(29-24-16)21(28)8-9-25(2)20(21)27/h3-7,10-11,28H,8-9H2,1-2H3,(H2,22,26)/t21-/m0/s1. The average Bonchev–Trinajstić information content (AvgIpc) is 3.31. The molecule has 29 heavy (non-hydrogen) atoms. The summed E-state index contributed by atoms with van der Waals surface area (Å²) >= 11 is 0. The third kappa shape index (κ3) is 3.17. The fraction of sp³-hybridized carbons (Fsp3) is 0.238. The number of carbonyl (C=O) groups is 2. The largest absolute Gasteiger partial charge is 0.373 e. The highest BCUT2D eigenvalue weighted by atomic mass is 16.5. The predicted molar refractivity (Wildman–Crippen MR) is 105 cm³/mol. The maximum atomic E-state index is 12.3. The summed E-state index contributed by atoms with van der Waals surface area (Å²) in [5, 5.41) is 14.8. The minimum absolute atomic E-state index is 0.122. The van der Waals surface area contributed by atoms with Crippen molar-refractivity contribution in [3.63, 3.8) is 0 Å². The van der Waals surface area contributed by atoms with E-state index in [9.17, 15) is 14.7 Å². The molecule has 0 radical (unpaired) electrons. The molecule has 148 valence electrons. The number of hydrogen-bond donors (Lipinski definition) is 2. The van der Waals surface area contributed by atoms with Crippen LogP contribution in [0.4, 0.5) is 0 Å². The Bertz CT molecular complexity index is 1120. The van der Waals surface area contributed by atoms with Crippen LogP contribution in [-0.4, -0.2) is 45.6 Å². The van der Waals surface area contributed by atoms with Crippen molar-refractivity contribution >= 4 is 11.8 Å². The number of benzene rings is 1. The van der Waals surface area contributed by atoms with E-state index in [4.69, 9.17) is 10.3 Å². The summed E-state index contributed by atoms with van der Waals surface area (Å²) in [5.74, 6) is -0.877. The molecule has 3 heterocycles. The number of hydrogen-bond acceptors (Lipinski definition) is 6. The molecule has 1 saturated heterocycles. The topological polar surface area (TPSA) is 123 Å². The third-order valence-electron chi connectivity index (χ3n) is 5.21. The van der Waals surface area contributed by atoms with E-state index in [0.717, 1.165) is 16.7 Å². The van der Waals surface area contributed by atoms with Gasteiger partial charge in [-0.15, -0.1) is 0 Å². The molecule has 1 fully saturated rings. The van der Waals surface area contributed by atoms with Crippen LogP contribution in [0.25, 0.3) is 22.5 Å². The molecule has 1 aliphatic heterocycles. The smallest absolute Gasteiger partial charge is 0.267 e. The van der Waals surface area contributed by atoms with Crippen molar-refractivity contribution in [1.82, 2.24) is 15.0 Å². The molecule has 8 heteroatoms. The van der Waals surface area contributed by atoms with Crippen molar-refractivity contribution in [2.45, 2.75) is 18.9 Å². The molecule has 2 amide bonds. The van der Waals surface area contributed by atoms with Gasteiger partial charge in [-0.1, -0.05) is 29.4 Å². The lowest BCUT2D eigenvalue weighted by Gasteiger charge is -2.16. The van der Waals surface area contributed by atoms with Crippen LogP contribution in [0.5, 0.6) is 0 Å². The van der Waals surface area contributed by atoms with Gasteiger partial charge in [0.2, 0.25) is 5.60 Å². The molecule has 8 nitrogen and oxygen atoms in total. The van der Waals surface area contributed by atoms with Crippen LogP contribution in [0.3, 0.4) is 0 Å². The Morgan fingerprint density at radius 3 is 2.69 bits per heavy atom. The highest BCUT2D eigenvalue weighted by Gasteiger charge is 2.48. The Kier molecular flexibility index (Phi) is 4.43. The van der Waals surface area contributed by atoms with Crippen LogP contribution >= 0.6 is 0 Å². The van der Waals surface area contributed by atoms with E-state index in [1.165, 1.54) is 4.90 Å². The van der Waals surface area contributed by atoms with Gasteiger partial charge in [-0.25, -0.2) is 4.98 Å². The highest BCUT2D eigenvalue weighted by Crippen LogP contribution is 2.35. The molecule has 0 spiro atoms. The minimum Gasteiger partial charge on any atom is -0.373 e. The van der Waals surface area contributed by atoms with Gasteiger partial charge in [0, 0.05) is 37.2 Å². The van der Waals surface area contributed by atoms with Gasteiger partial charge in [-0.05, 0) is 24.6 Å². The lowest BCUT2D eigenvalue weighted by atomic mass is 9.97. The predicted octanol–water partition coefficient (Wildman–Crippen LogP) is 1.86. The van der Waals surface area contributed by atoms with Crippen LogP contribution in [0.2, 0.25) is 0 Å². The Balaban J connectivity index is 1.71. The summed E-state index contributed by atoms with van der Waals surface area (Å²) in [7, 11) is 1.64. The number of nitrogens with zero attached hydrogens (tertiary/aromatic N) is 3. The van der Waals surface area contributed by atoms with E-state index in [0.29, 0.717) is 17.9 Å². The third-order valence-corrected chi connectivity index (χ3v) is 5.21. The molecule has 1 atom stereocenters. The van der Waals surface area contributed by atoms with Crippen molar-refractivity contribution in [2.24, 2.45) is 5.73 Å². The maximum Gasteiger partial charge on any atom is 0.267 e. The number of likely N-dealkylation sites (N-methyl/N-ethyl adjacent to an activating group) is 1. The van der Waals surface area contributed by atoms with Gasteiger partial charge in [0.15, 0.2) is 5.76 Å². The maximum absolute atomic E-state index is 12.3. The number of nitrogens with two attached hydrogens (primary N) is 1. The normalized spacial score (nSPS) is 19.0. The number of amides is 2. The molecular formula is C21H20N4O4. The number of rotatable bonds is 4. The fourth-order valence-electron chi connectivity index (χ4n) is 3.47. The Labute approximate surface area is 166 Å². The lowest BCUT2D eigenvalue weighted by Crippen LogP contribution is -2.35. The van der Waals surface area contributed by atoms with Crippen molar-refractivity contribution in [1.29, 1.82) is 0 Å². The summed E-state index contributed by atoms with van der Waals surface area (Å²) < 4.78 is 5.32. The zero-order valence-corrected chi connectivity index (χ0v) is 16.0. The Morgan fingerprint density at radius 2 is 2.00 bits per heavy atom. The van der Waals surface area contributed by atoms with Gasteiger partial charge in [0.25, 0.3) is 11.8 Å². The molecule has 0 saturated carbocycles. The quantitative estimate of drug-likeness (QED) is 0.699.